The van der Waals surface area contributed by atoms with Gasteiger partial charge >= 0.3 is 0 Å². The van der Waals surface area contributed by atoms with Gasteiger partial charge in [0, 0.05) is 26.7 Å². The zero-order valence-electron chi connectivity index (χ0n) is 17.3. The Labute approximate surface area is 183 Å². The van der Waals surface area contributed by atoms with E-state index in [1.807, 2.05) is 12.1 Å². The Balaban J connectivity index is 0.00000256. The van der Waals surface area contributed by atoms with Crippen LogP contribution in [0.3, 0.4) is 0 Å². The lowest BCUT2D eigenvalue weighted by atomic mass is 9.99. The van der Waals surface area contributed by atoms with Crippen molar-refractivity contribution in [2.45, 2.75) is 6.42 Å². The van der Waals surface area contributed by atoms with E-state index in [0.717, 1.165) is 58.7 Å². The predicted molar refractivity (Wildman–Crippen MR) is 125 cm³/mol. The zero-order chi connectivity index (χ0) is 20.1. The molecule has 5 nitrogen and oxygen atoms in total. The van der Waals surface area contributed by atoms with Crippen LogP contribution in [-0.4, -0.2) is 46.4 Å². The fourth-order valence-electron chi connectivity index (χ4n) is 3.51. The third-order valence-electron chi connectivity index (χ3n) is 5.04. The SMILES string of the molecule is COCCCOc1cc2ccc(-c3ccc(OC)cc3)cc2cc1C1=NCCN1.Cl. The van der Waals surface area contributed by atoms with Crippen molar-refractivity contribution in [3.8, 4) is 22.6 Å². The molecule has 0 aliphatic carbocycles. The summed E-state index contributed by atoms with van der Waals surface area (Å²) in [5.74, 6) is 2.62. The minimum atomic E-state index is 0. The molecule has 0 saturated heterocycles. The van der Waals surface area contributed by atoms with Crippen LogP contribution in [0, 0.1) is 0 Å². The van der Waals surface area contributed by atoms with Gasteiger partial charge in [-0.2, -0.15) is 0 Å². The number of amidine groups is 1. The van der Waals surface area contributed by atoms with Gasteiger partial charge in [-0.3, -0.25) is 4.99 Å². The molecule has 0 unspecified atom stereocenters. The van der Waals surface area contributed by atoms with E-state index in [1.165, 1.54) is 5.56 Å². The van der Waals surface area contributed by atoms with Crippen LogP contribution in [0.2, 0.25) is 0 Å². The van der Waals surface area contributed by atoms with Crippen molar-refractivity contribution in [3.05, 3.63) is 60.2 Å². The molecule has 0 saturated carbocycles. The van der Waals surface area contributed by atoms with Gasteiger partial charge in [-0.25, -0.2) is 0 Å². The molecule has 1 N–H and O–H groups in total. The van der Waals surface area contributed by atoms with Crippen LogP contribution in [-0.2, 0) is 4.74 Å². The van der Waals surface area contributed by atoms with Crippen molar-refractivity contribution in [2.24, 2.45) is 4.99 Å². The predicted octanol–water partition coefficient (Wildman–Crippen LogP) is 4.70. The second-order valence-electron chi connectivity index (χ2n) is 6.99. The highest BCUT2D eigenvalue weighted by Crippen LogP contribution is 2.31. The highest BCUT2D eigenvalue weighted by Gasteiger charge is 2.15. The maximum atomic E-state index is 6.09. The summed E-state index contributed by atoms with van der Waals surface area (Å²) in [6.07, 6.45) is 0.851. The smallest absolute Gasteiger partial charge is 0.132 e. The molecule has 0 bridgehead atoms. The van der Waals surface area contributed by atoms with Gasteiger partial charge in [-0.15, -0.1) is 12.4 Å². The second kappa shape index (κ2) is 10.3. The fraction of sp³-hybridized carbons (Fsp3) is 0.292. The molecule has 0 radical (unpaired) electrons. The van der Waals surface area contributed by atoms with E-state index in [1.54, 1.807) is 14.2 Å². The standard InChI is InChI=1S/C24H26N2O3.ClH/c1-27-12-3-13-29-23-16-19-5-4-18(17-6-8-21(28-2)9-7-17)14-20(19)15-22(23)24-25-10-11-26-24;/h4-9,14-16H,3,10-13H2,1-2H3,(H,25,26);1H. The monoisotopic (exact) mass is 426 g/mol. The van der Waals surface area contributed by atoms with Crippen LogP contribution in [0.5, 0.6) is 11.5 Å². The summed E-state index contributed by atoms with van der Waals surface area (Å²) in [5, 5.41) is 5.68. The largest absolute Gasteiger partial charge is 0.497 e. The molecular weight excluding hydrogens is 400 g/mol. The molecule has 0 atom stereocenters. The number of hydrogen-bond acceptors (Lipinski definition) is 5. The average Bonchev–Trinajstić information content (AvgIpc) is 3.30. The van der Waals surface area contributed by atoms with Crippen molar-refractivity contribution >= 4 is 29.0 Å². The molecule has 0 aromatic heterocycles. The van der Waals surface area contributed by atoms with E-state index in [2.05, 4.69) is 52.8 Å². The van der Waals surface area contributed by atoms with Crippen molar-refractivity contribution in [2.75, 3.05) is 40.5 Å². The molecule has 1 heterocycles. The molecule has 158 valence electrons. The zero-order valence-corrected chi connectivity index (χ0v) is 18.1. The van der Waals surface area contributed by atoms with Crippen LogP contribution < -0.4 is 14.8 Å². The first kappa shape index (κ1) is 21.9. The minimum absolute atomic E-state index is 0. The number of benzene rings is 3. The summed E-state index contributed by atoms with van der Waals surface area (Å²) in [4.78, 5) is 4.60. The molecule has 3 aromatic carbocycles. The maximum absolute atomic E-state index is 6.09. The number of fused-ring (bicyclic) bond motifs is 1. The molecule has 1 aliphatic rings. The van der Waals surface area contributed by atoms with Crippen LogP contribution in [0.25, 0.3) is 21.9 Å². The number of nitrogens with zero attached hydrogens (tertiary/aromatic N) is 1. The van der Waals surface area contributed by atoms with Crippen molar-refractivity contribution in [3.63, 3.8) is 0 Å². The molecule has 0 fully saturated rings. The number of hydrogen-bond donors (Lipinski definition) is 1. The summed E-state index contributed by atoms with van der Waals surface area (Å²) in [6.45, 7) is 2.96. The summed E-state index contributed by atoms with van der Waals surface area (Å²) in [7, 11) is 3.39. The van der Waals surface area contributed by atoms with Gasteiger partial charge < -0.3 is 19.5 Å². The summed E-state index contributed by atoms with van der Waals surface area (Å²) in [5.41, 5.74) is 3.34. The van der Waals surface area contributed by atoms with Crippen molar-refractivity contribution < 1.29 is 14.2 Å². The summed E-state index contributed by atoms with van der Waals surface area (Å²) in [6, 6.07) is 18.9. The third kappa shape index (κ3) is 4.86. The van der Waals surface area contributed by atoms with Gasteiger partial charge in [0.2, 0.25) is 0 Å². The van der Waals surface area contributed by atoms with Gasteiger partial charge in [0.25, 0.3) is 0 Å². The number of ether oxygens (including phenoxy) is 3. The van der Waals surface area contributed by atoms with Crippen LogP contribution in [0.15, 0.2) is 59.6 Å². The highest BCUT2D eigenvalue weighted by atomic mass is 35.5. The van der Waals surface area contributed by atoms with Gasteiger partial charge in [-0.05, 0) is 52.2 Å². The number of aliphatic imine (C=N–C) groups is 1. The van der Waals surface area contributed by atoms with Crippen molar-refractivity contribution in [1.82, 2.24) is 5.32 Å². The van der Waals surface area contributed by atoms with Crippen molar-refractivity contribution in [1.29, 1.82) is 0 Å². The first-order chi connectivity index (χ1) is 14.3. The number of methoxy groups -OCH3 is 2. The Morgan fingerprint density at radius 3 is 2.40 bits per heavy atom. The molecule has 30 heavy (non-hydrogen) atoms. The van der Waals surface area contributed by atoms with Crippen LogP contribution in [0.1, 0.15) is 12.0 Å². The molecule has 3 aromatic rings. The lowest BCUT2D eigenvalue weighted by Gasteiger charge is -2.14. The quantitative estimate of drug-likeness (QED) is 0.530. The number of nitrogens with one attached hydrogen (secondary N) is 1. The minimum Gasteiger partial charge on any atom is -0.497 e. The number of halogens is 1. The molecule has 6 heteroatoms. The molecule has 1 aliphatic heterocycles. The Bertz CT molecular complexity index is 1020. The Morgan fingerprint density at radius 1 is 0.900 bits per heavy atom. The van der Waals surface area contributed by atoms with Crippen LogP contribution in [0.4, 0.5) is 0 Å². The average molecular weight is 427 g/mol. The van der Waals surface area contributed by atoms with E-state index >= 15 is 0 Å². The fourth-order valence-corrected chi connectivity index (χ4v) is 3.51. The molecule has 0 spiro atoms. The van der Waals surface area contributed by atoms with Gasteiger partial charge in [0.15, 0.2) is 0 Å². The van der Waals surface area contributed by atoms with E-state index in [0.29, 0.717) is 13.2 Å². The Morgan fingerprint density at radius 2 is 1.70 bits per heavy atom. The number of rotatable bonds is 8. The third-order valence-corrected chi connectivity index (χ3v) is 5.04. The lowest BCUT2D eigenvalue weighted by Crippen LogP contribution is -2.20. The van der Waals surface area contributed by atoms with Gasteiger partial charge in [-0.1, -0.05) is 24.3 Å². The second-order valence-corrected chi connectivity index (χ2v) is 6.99. The Hall–Kier alpha value is -2.76. The maximum Gasteiger partial charge on any atom is 0.132 e. The van der Waals surface area contributed by atoms with E-state index in [9.17, 15) is 0 Å². The normalized spacial score (nSPS) is 12.8. The molecule has 0 amide bonds. The van der Waals surface area contributed by atoms with Gasteiger partial charge in [0.05, 0.1) is 25.8 Å². The topological polar surface area (TPSA) is 52.1 Å². The van der Waals surface area contributed by atoms with E-state index in [4.69, 9.17) is 14.2 Å². The first-order valence-electron chi connectivity index (χ1n) is 9.91. The van der Waals surface area contributed by atoms with E-state index < -0.39 is 0 Å². The first-order valence-corrected chi connectivity index (χ1v) is 9.91. The molecule has 4 rings (SSSR count). The summed E-state index contributed by atoms with van der Waals surface area (Å²) < 4.78 is 16.5. The highest BCUT2D eigenvalue weighted by molar-refractivity contribution is 6.06. The van der Waals surface area contributed by atoms with Crippen LogP contribution >= 0.6 is 12.4 Å². The summed E-state index contributed by atoms with van der Waals surface area (Å²) >= 11 is 0. The van der Waals surface area contributed by atoms with Gasteiger partial charge in [0.1, 0.15) is 17.3 Å². The Kier molecular flexibility index (Phi) is 7.55. The lowest BCUT2D eigenvalue weighted by molar-refractivity contribution is 0.172. The molecular formula is C24H27ClN2O3. The van der Waals surface area contributed by atoms with E-state index in [-0.39, 0.29) is 12.4 Å².